The van der Waals surface area contributed by atoms with Crippen molar-refractivity contribution in [3.8, 4) is 11.1 Å². The molecule has 0 saturated heterocycles. The highest BCUT2D eigenvalue weighted by molar-refractivity contribution is 5.85. The molecule has 38 heavy (non-hydrogen) atoms. The molecule has 8 heteroatoms. The van der Waals surface area contributed by atoms with E-state index in [1.165, 1.54) is 0 Å². The lowest BCUT2D eigenvalue weighted by Gasteiger charge is -2.23. The van der Waals surface area contributed by atoms with Gasteiger partial charge in [-0.15, -0.1) is 0 Å². The minimum Gasteiger partial charge on any atom is -0.480 e. The van der Waals surface area contributed by atoms with E-state index in [-0.39, 0.29) is 25.7 Å². The molecule has 0 spiro atoms. The number of hydrogen-bond donors (Lipinski definition) is 3. The van der Waals surface area contributed by atoms with Gasteiger partial charge in [-0.05, 0) is 34.7 Å². The fourth-order valence-electron chi connectivity index (χ4n) is 4.55. The number of nitrogens with one attached hydrogen (secondary N) is 2. The third kappa shape index (κ3) is 6.39. The maximum atomic E-state index is 12.7. The van der Waals surface area contributed by atoms with Gasteiger partial charge >= 0.3 is 12.1 Å². The normalized spacial score (nSPS) is 14.5. The molecule has 3 aromatic carbocycles. The van der Waals surface area contributed by atoms with Gasteiger partial charge in [-0.3, -0.25) is 4.79 Å². The molecule has 0 aliphatic heterocycles. The summed E-state index contributed by atoms with van der Waals surface area (Å²) >= 11 is 0. The van der Waals surface area contributed by atoms with Crippen molar-refractivity contribution in [1.82, 2.24) is 10.6 Å². The standard InChI is InChI=1S/C30H32N2O6/c1-19(28(33)32-27(29(34)35)20(2)37-17-21-10-4-3-5-11-21)16-31-30(36)38-18-26-24-14-8-6-12-22(24)23-13-7-9-15-25(23)26/h3-15,19-20,26-27H,16-18H2,1-2H3,(H,31,36)(H,32,33)(H,34,35). The zero-order valence-corrected chi connectivity index (χ0v) is 21.4. The Morgan fingerprint density at radius 1 is 0.868 bits per heavy atom. The lowest BCUT2D eigenvalue weighted by atomic mass is 9.98. The number of carbonyl (C=O) groups is 3. The minimum atomic E-state index is -1.23. The molecule has 0 saturated carbocycles. The summed E-state index contributed by atoms with van der Waals surface area (Å²) in [5, 5.41) is 14.8. The number of fused-ring (bicyclic) bond motifs is 3. The highest BCUT2D eigenvalue weighted by Gasteiger charge is 2.30. The topological polar surface area (TPSA) is 114 Å². The maximum Gasteiger partial charge on any atom is 0.407 e. The Hall–Kier alpha value is -4.17. The molecule has 8 nitrogen and oxygen atoms in total. The molecular weight excluding hydrogens is 484 g/mol. The number of aliphatic carboxylic acids is 1. The summed E-state index contributed by atoms with van der Waals surface area (Å²) in [6.45, 7) is 3.58. The van der Waals surface area contributed by atoms with Crippen LogP contribution in [-0.4, -0.2) is 48.4 Å². The molecule has 3 aromatic rings. The first-order valence-electron chi connectivity index (χ1n) is 12.6. The Morgan fingerprint density at radius 3 is 2.05 bits per heavy atom. The summed E-state index contributed by atoms with van der Waals surface area (Å²) < 4.78 is 11.2. The van der Waals surface area contributed by atoms with Crippen molar-refractivity contribution in [2.45, 2.75) is 38.5 Å². The predicted molar refractivity (Wildman–Crippen MR) is 142 cm³/mol. The third-order valence-electron chi connectivity index (χ3n) is 6.73. The number of alkyl carbamates (subject to hydrolysis) is 1. The van der Waals surface area contributed by atoms with Gasteiger partial charge in [0.2, 0.25) is 5.91 Å². The Morgan fingerprint density at radius 2 is 1.45 bits per heavy atom. The summed E-state index contributed by atoms with van der Waals surface area (Å²) in [7, 11) is 0. The summed E-state index contributed by atoms with van der Waals surface area (Å²) in [6, 6.07) is 24.2. The van der Waals surface area contributed by atoms with Crippen LogP contribution < -0.4 is 10.6 Å². The highest BCUT2D eigenvalue weighted by Crippen LogP contribution is 2.44. The van der Waals surface area contributed by atoms with E-state index in [1.54, 1.807) is 13.8 Å². The predicted octanol–water partition coefficient (Wildman–Crippen LogP) is 4.34. The number of amides is 2. The van der Waals surface area contributed by atoms with Crippen LogP contribution in [0.5, 0.6) is 0 Å². The Bertz CT molecular complexity index is 1230. The fourth-order valence-corrected chi connectivity index (χ4v) is 4.55. The van der Waals surface area contributed by atoms with Crippen LogP contribution in [0.1, 0.15) is 36.5 Å². The number of rotatable bonds is 11. The second-order valence-electron chi connectivity index (χ2n) is 9.43. The fraction of sp³-hybridized carbons (Fsp3) is 0.300. The molecule has 4 rings (SSSR count). The van der Waals surface area contributed by atoms with Gasteiger partial charge in [-0.25, -0.2) is 9.59 Å². The Kier molecular flexibility index (Phi) is 8.76. The second-order valence-corrected chi connectivity index (χ2v) is 9.43. The van der Waals surface area contributed by atoms with Gasteiger partial charge in [0.1, 0.15) is 6.61 Å². The maximum absolute atomic E-state index is 12.7. The Labute approximate surface area is 222 Å². The van der Waals surface area contributed by atoms with Crippen LogP contribution in [0.4, 0.5) is 4.79 Å². The van der Waals surface area contributed by atoms with Crippen LogP contribution in [-0.2, 0) is 25.7 Å². The molecule has 2 amide bonds. The van der Waals surface area contributed by atoms with E-state index in [4.69, 9.17) is 9.47 Å². The van der Waals surface area contributed by atoms with Crippen molar-refractivity contribution >= 4 is 18.0 Å². The van der Waals surface area contributed by atoms with Gasteiger partial charge in [-0.2, -0.15) is 0 Å². The molecule has 1 aliphatic carbocycles. The number of carboxylic acid groups (broad SMARTS) is 1. The van der Waals surface area contributed by atoms with Crippen molar-refractivity contribution in [2.75, 3.05) is 13.2 Å². The van der Waals surface area contributed by atoms with E-state index >= 15 is 0 Å². The van der Waals surface area contributed by atoms with Gasteiger partial charge in [0.15, 0.2) is 6.04 Å². The van der Waals surface area contributed by atoms with E-state index < -0.39 is 36.0 Å². The average Bonchev–Trinajstić information content (AvgIpc) is 3.26. The molecule has 0 aromatic heterocycles. The summed E-state index contributed by atoms with van der Waals surface area (Å²) in [5.74, 6) is -2.46. The van der Waals surface area contributed by atoms with Gasteiger partial charge in [-0.1, -0.05) is 85.8 Å². The van der Waals surface area contributed by atoms with Gasteiger partial charge < -0.3 is 25.2 Å². The quantitative estimate of drug-likeness (QED) is 0.350. The van der Waals surface area contributed by atoms with Crippen molar-refractivity contribution in [1.29, 1.82) is 0 Å². The zero-order chi connectivity index (χ0) is 27.1. The van der Waals surface area contributed by atoms with Crippen LogP contribution in [0.15, 0.2) is 78.9 Å². The van der Waals surface area contributed by atoms with Crippen LogP contribution in [0.25, 0.3) is 11.1 Å². The first kappa shape index (κ1) is 26.9. The van der Waals surface area contributed by atoms with Crippen molar-refractivity contribution in [3.05, 3.63) is 95.6 Å². The molecule has 0 heterocycles. The van der Waals surface area contributed by atoms with Crippen molar-refractivity contribution in [2.24, 2.45) is 5.92 Å². The zero-order valence-electron chi connectivity index (χ0n) is 21.4. The second kappa shape index (κ2) is 12.4. The SMILES string of the molecule is CC(CNC(=O)OCC1c2ccccc2-c2ccccc21)C(=O)NC(C(=O)O)C(C)OCc1ccccc1. The molecule has 0 fully saturated rings. The molecule has 3 atom stereocenters. The van der Waals surface area contributed by atoms with E-state index in [2.05, 4.69) is 22.8 Å². The molecule has 3 N–H and O–H groups in total. The molecule has 1 aliphatic rings. The van der Waals surface area contributed by atoms with Gasteiger partial charge in [0.05, 0.1) is 18.6 Å². The first-order chi connectivity index (χ1) is 18.3. The minimum absolute atomic E-state index is 0.00585. The van der Waals surface area contributed by atoms with E-state index in [1.807, 2.05) is 66.7 Å². The molecular formula is C30H32N2O6. The monoisotopic (exact) mass is 516 g/mol. The van der Waals surface area contributed by atoms with Crippen LogP contribution in [0.3, 0.4) is 0 Å². The molecule has 198 valence electrons. The Balaban J connectivity index is 1.25. The average molecular weight is 517 g/mol. The molecule has 3 unspecified atom stereocenters. The van der Waals surface area contributed by atoms with Crippen molar-refractivity contribution < 1.29 is 29.0 Å². The van der Waals surface area contributed by atoms with Crippen LogP contribution >= 0.6 is 0 Å². The lowest BCUT2D eigenvalue weighted by molar-refractivity contribution is -0.147. The van der Waals surface area contributed by atoms with Crippen LogP contribution in [0.2, 0.25) is 0 Å². The highest BCUT2D eigenvalue weighted by atomic mass is 16.5. The molecule has 0 bridgehead atoms. The number of hydrogen-bond acceptors (Lipinski definition) is 5. The first-order valence-corrected chi connectivity index (χ1v) is 12.6. The largest absolute Gasteiger partial charge is 0.480 e. The lowest BCUT2D eigenvalue weighted by Crippen LogP contribution is -2.51. The third-order valence-corrected chi connectivity index (χ3v) is 6.73. The summed E-state index contributed by atoms with van der Waals surface area (Å²) in [6.07, 6.45) is -1.40. The molecule has 0 radical (unpaired) electrons. The van der Waals surface area contributed by atoms with Crippen LogP contribution in [0, 0.1) is 5.92 Å². The van der Waals surface area contributed by atoms with E-state index in [0.717, 1.165) is 27.8 Å². The summed E-state index contributed by atoms with van der Waals surface area (Å²) in [5.41, 5.74) is 5.39. The van der Waals surface area contributed by atoms with Gasteiger partial charge in [0.25, 0.3) is 0 Å². The number of carbonyl (C=O) groups excluding carboxylic acids is 2. The number of benzene rings is 3. The van der Waals surface area contributed by atoms with Crippen molar-refractivity contribution in [3.63, 3.8) is 0 Å². The van der Waals surface area contributed by atoms with E-state index in [9.17, 15) is 19.5 Å². The van der Waals surface area contributed by atoms with Gasteiger partial charge in [0, 0.05) is 12.5 Å². The summed E-state index contributed by atoms with van der Waals surface area (Å²) in [4.78, 5) is 36.9. The number of carboxylic acids is 1. The smallest absolute Gasteiger partial charge is 0.407 e. The number of ether oxygens (including phenoxy) is 2. The van der Waals surface area contributed by atoms with E-state index in [0.29, 0.717) is 0 Å².